The Morgan fingerprint density at radius 3 is 2.75 bits per heavy atom. The highest BCUT2D eigenvalue weighted by Gasteiger charge is 2.21. The van der Waals surface area contributed by atoms with Gasteiger partial charge in [0, 0.05) is 57.1 Å². The molecule has 0 unspecified atom stereocenters. The Hall–Kier alpha value is -1.89. The highest BCUT2D eigenvalue weighted by atomic mass is 16.5. The van der Waals surface area contributed by atoms with Gasteiger partial charge in [0.25, 0.3) is 0 Å². The molecule has 2 aliphatic rings. The highest BCUT2D eigenvalue weighted by molar-refractivity contribution is 5.78. The van der Waals surface area contributed by atoms with E-state index in [0.717, 1.165) is 37.4 Å². The number of rotatable bonds is 6. The third-order valence-corrected chi connectivity index (χ3v) is 4.57. The van der Waals surface area contributed by atoms with E-state index in [1.807, 2.05) is 13.0 Å². The minimum absolute atomic E-state index is 0.0933. The van der Waals surface area contributed by atoms with Crippen molar-refractivity contribution in [3.8, 4) is 0 Å². The van der Waals surface area contributed by atoms with Crippen molar-refractivity contribution in [3.63, 3.8) is 0 Å². The van der Waals surface area contributed by atoms with E-state index in [2.05, 4.69) is 25.5 Å². The Morgan fingerprint density at radius 1 is 1.25 bits per heavy atom. The van der Waals surface area contributed by atoms with Crippen molar-refractivity contribution in [1.29, 1.82) is 0 Å². The number of hydrogen-bond donors (Lipinski definition) is 2. The molecule has 0 bridgehead atoms. The molecule has 0 aromatic carbocycles. The average Bonchev–Trinajstić information content (AvgIpc) is 3.13. The first-order valence-corrected chi connectivity index (χ1v) is 8.92. The van der Waals surface area contributed by atoms with Crippen LogP contribution < -0.4 is 15.5 Å². The first kappa shape index (κ1) is 17.0. The van der Waals surface area contributed by atoms with Crippen molar-refractivity contribution in [2.75, 3.05) is 49.6 Å². The van der Waals surface area contributed by atoms with Gasteiger partial charge >= 0.3 is 0 Å². The Kier molecular flexibility index (Phi) is 5.85. The molecule has 0 atom stereocenters. The van der Waals surface area contributed by atoms with Gasteiger partial charge in [-0.15, -0.1) is 0 Å². The van der Waals surface area contributed by atoms with Crippen LogP contribution in [0.15, 0.2) is 6.07 Å². The molecule has 2 N–H and O–H groups in total. The van der Waals surface area contributed by atoms with Crippen LogP contribution in [0.2, 0.25) is 0 Å². The van der Waals surface area contributed by atoms with Crippen LogP contribution in [-0.4, -0.2) is 55.3 Å². The van der Waals surface area contributed by atoms with E-state index in [1.54, 1.807) is 0 Å². The van der Waals surface area contributed by atoms with Crippen molar-refractivity contribution in [1.82, 2.24) is 15.3 Å². The van der Waals surface area contributed by atoms with Gasteiger partial charge in [0.1, 0.15) is 5.82 Å². The Balaban J connectivity index is 1.45. The fraction of sp³-hybridized carbons (Fsp3) is 0.706. The number of ether oxygens (including phenoxy) is 1. The predicted molar refractivity (Wildman–Crippen MR) is 93.3 cm³/mol. The lowest BCUT2D eigenvalue weighted by atomic mass is 9.99. The van der Waals surface area contributed by atoms with Gasteiger partial charge in [0.2, 0.25) is 11.9 Å². The zero-order valence-corrected chi connectivity index (χ0v) is 14.4. The maximum absolute atomic E-state index is 12.1. The molecular formula is C17H27N5O2. The van der Waals surface area contributed by atoms with Gasteiger partial charge in [-0.1, -0.05) is 0 Å². The summed E-state index contributed by atoms with van der Waals surface area (Å²) in [5.41, 5.74) is 0.959. The van der Waals surface area contributed by atoms with Crippen molar-refractivity contribution < 1.29 is 9.53 Å². The summed E-state index contributed by atoms with van der Waals surface area (Å²) in [5, 5.41) is 6.20. The van der Waals surface area contributed by atoms with Crippen LogP contribution in [0.25, 0.3) is 0 Å². The minimum atomic E-state index is 0.0933. The monoisotopic (exact) mass is 333 g/mol. The molecule has 0 spiro atoms. The zero-order valence-electron chi connectivity index (χ0n) is 14.4. The number of hydrogen-bond acceptors (Lipinski definition) is 6. The summed E-state index contributed by atoms with van der Waals surface area (Å²) in [6, 6.07) is 2.03. The van der Waals surface area contributed by atoms with E-state index in [1.165, 1.54) is 12.8 Å². The molecule has 1 aromatic rings. The highest BCUT2D eigenvalue weighted by Crippen LogP contribution is 2.19. The zero-order chi connectivity index (χ0) is 16.8. The number of aromatic nitrogens is 2. The van der Waals surface area contributed by atoms with Gasteiger partial charge in [-0.05, 0) is 32.6 Å². The molecule has 1 amide bonds. The number of aryl methyl sites for hydroxylation is 1. The van der Waals surface area contributed by atoms with Gasteiger partial charge in [-0.2, -0.15) is 4.98 Å². The van der Waals surface area contributed by atoms with Gasteiger partial charge in [-0.3, -0.25) is 4.79 Å². The molecule has 132 valence electrons. The molecule has 3 rings (SSSR count). The molecule has 0 aliphatic carbocycles. The number of nitrogens with one attached hydrogen (secondary N) is 2. The number of anilines is 2. The van der Waals surface area contributed by atoms with E-state index in [0.29, 0.717) is 32.3 Å². The summed E-state index contributed by atoms with van der Waals surface area (Å²) in [7, 11) is 0. The third kappa shape index (κ3) is 4.56. The summed E-state index contributed by atoms with van der Waals surface area (Å²) < 4.78 is 5.29. The van der Waals surface area contributed by atoms with E-state index in [9.17, 15) is 4.79 Å². The normalized spacial score (nSPS) is 18.6. The standard InChI is InChI=1S/C17H27N5O2/c1-13-12-15(22-8-2-3-9-22)21-17(20-13)19-7-6-18-16(23)14-4-10-24-11-5-14/h12,14H,2-11H2,1H3,(H,18,23)(H,19,20,21). The second-order valence-corrected chi connectivity index (χ2v) is 6.49. The maximum Gasteiger partial charge on any atom is 0.224 e. The van der Waals surface area contributed by atoms with Crippen LogP contribution in [-0.2, 0) is 9.53 Å². The van der Waals surface area contributed by atoms with Gasteiger partial charge in [-0.25, -0.2) is 4.98 Å². The quantitative estimate of drug-likeness (QED) is 0.765. The van der Waals surface area contributed by atoms with Gasteiger partial charge < -0.3 is 20.3 Å². The molecule has 7 nitrogen and oxygen atoms in total. The summed E-state index contributed by atoms with van der Waals surface area (Å²) in [5.74, 6) is 1.85. The lowest BCUT2D eigenvalue weighted by Gasteiger charge is -2.21. The molecule has 2 saturated heterocycles. The summed E-state index contributed by atoms with van der Waals surface area (Å²) in [6.45, 7) is 6.69. The van der Waals surface area contributed by atoms with E-state index in [4.69, 9.17) is 4.74 Å². The smallest absolute Gasteiger partial charge is 0.224 e. The van der Waals surface area contributed by atoms with Crippen LogP contribution in [0.4, 0.5) is 11.8 Å². The number of nitrogens with zero attached hydrogens (tertiary/aromatic N) is 3. The van der Waals surface area contributed by atoms with Crippen molar-refractivity contribution >= 4 is 17.7 Å². The molecule has 7 heteroatoms. The molecular weight excluding hydrogens is 306 g/mol. The molecule has 24 heavy (non-hydrogen) atoms. The molecule has 1 aromatic heterocycles. The van der Waals surface area contributed by atoms with Crippen molar-refractivity contribution in [3.05, 3.63) is 11.8 Å². The van der Waals surface area contributed by atoms with Crippen LogP contribution in [0, 0.1) is 12.8 Å². The predicted octanol–water partition coefficient (Wildman–Crippen LogP) is 1.34. The Labute approximate surface area is 143 Å². The number of carbonyl (C=O) groups excluding carboxylic acids is 1. The summed E-state index contributed by atoms with van der Waals surface area (Å²) in [6.07, 6.45) is 4.09. The average molecular weight is 333 g/mol. The molecule has 2 fully saturated rings. The summed E-state index contributed by atoms with van der Waals surface area (Å²) in [4.78, 5) is 23.4. The molecule has 0 radical (unpaired) electrons. The van der Waals surface area contributed by atoms with E-state index in [-0.39, 0.29) is 11.8 Å². The van der Waals surface area contributed by atoms with Crippen LogP contribution in [0.5, 0.6) is 0 Å². The fourth-order valence-electron chi connectivity index (χ4n) is 3.20. The fourth-order valence-corrected chi connectivity index (χ4v) is 3.20. The molecule has 3 heterocycles. The van der Waals surface area contributed by atoms with E-state index < -0.39 is 0 Å². The van der Waals surface area contributed by atoms with Gasteiger partial charge in [0.15, 0.2) is 0 Å². The topological polar surface area (TPSA) is 79.4 Å². The lowest BCUT2D eigenvalue weighted by molar-refractivity contribution is -0.127. The van der Waals surface area contributed by atoms with Crippen LogP contribution >= 0.6 is 0 Å². The SMILES string of the molecule is Cc1cc(N2CCCC2)nc(NCCNC(=O)C2CCOCC2)n1. The van der Waals surface area contributed by atoms with Crippen molar-refractivity contribution in [2.24, 2.45) is 5.92 Å². The van der Waals surface area contributed by atoms with Crippen LogP contribution in [0.3, 0.4) is 0 Å². The Morgan fingerprint density at radius 2 is 2.00 bits per heavy atom. The minimum Gasteiger partial charge on any atom is -0.381 e. The number of carbonyl (C=O) groups is 1. The lowest BCUT2D eigenvalue weighted by Crippen LogP contribution is -2.36. The maximum atomic E-state index is 12.1. The first-order chi connectivity index (χ1) is 11.7. The summed E-state index contributed by atoms with van der Waals surface area (Å²) >= 11 is 0. The Bertz CT molecular complexity index is 554. The van der Waals surface area contributed by atoms with E-state index >= 15 is 0 Å². The first-order valence-electron chi connectivity index (χ1n) is 8.92. The van der Waals surface area contributed by atoms with Gasteiger partial charge in [0.05, 0.1) is 0 Å². The van der Waals surface area contributed by atoms with Crippen molar-refractivity contribution in [2.45, 2.75) is 32.6 Å². The second kappa shape index (κ2) is 8.28. The second-order valence-electron chi connectivity index (χ2n) is 6.49. The third-order valence-electron chi connectivity index (χ3n) is 4.57. The number of amides is 1. The van der Waals surface area contributed by atoms with Crippen LogP contribution in [0.1, 0.15) is 31.4 Å². The molecule has 2 aliphatic heterocycles. The largest absolute Gasteiger partial charge is 0.381 e. The molecule has 0 saturated carbocycles.